The maximum Gasteiger partial charge on any atom is 0.286 e. The van der Waals surface area contributed by atoms with Gasteiger partial charge in [-0.15, -0.1) is 0 Å². The minimum atomic E-state index is -0.277. The molecule has 0 aliphatic carbocycles. The molecule has 2 aromatic rings. The molecular formula is C19H24N2O5. The van der Waals surface area contributed by atoms with Crippen molar-refractivity contribution in [2.75, 3.05) is 27.3 Å². The normalized spacial score (nSPS) is 10.2. The van der Waals surface area contributed by atoms with Gasteiger partial charge >= 0.3 is 0 Å². The molecule has 0 aliphatic heterocycles. The van der Waals surface area contributed by atoms with Gasteiger partial charge in [0.25, 0.3) is 5.91 Å². The number of nitrogens with one attached hydrogen (secondary N) is 2. The lowest BCUT2D eigenvalue weighted by Crippen LogP contribution is -2.28. The van der Waals surface area contributed by atoms with Crippen LogP contribution in [-0.2, 0) is 11.2 Å². The largest absolute Gasteiger partial charge is 0.497 e. The van der Waals surface area contributed by atoms with E-state index in [9.17, 15) is 9.59 Å². The molecule has 0 saturated heterocycles. The van der Waals surface area contributed by atoms with Crippen molar-refractivity contribution >= 4 is 11.8 Å². The minimum Gasteiger partial charge on any atom is -0.497 e. The van der Waals surface area contributed by atoms with Gasteiger partial charge in [0, 0.05) is 19.5 Å². The first-order chi connectivity index (χ1) is 12.6. The number of furan rings is 1. The van der Waals surface area contributed by atoms with Gasteiger partial charge in [-0.2, -0.15) is 0 Å². The molecule has 0 fully saturated rings. The summed E-state index contributed by atoms with van der Waals surface area (Å²) in [6, 6.07) is 8.82. The van der Waals surface area contributed by atoms with Gasteiger partial charge in [0.15, 0.2) is 5.76 Å². The van der Waals surface area contributed by atoms with Crippen LogP contribution >= 0.6 is 0 Å². The summed E-state index contributed by atoms with van der Waals surface area (Å²) in [6.45, 7) is 0.914. The van der Waals surface area contributed by atoms with E-state index in [0.717, 1.165) is 17.1 Å². The van der Waals surface area contributed by atoms with Crippen molar-refractivity contribution in [3.63, 3.8) is 0 Å². The molecule has 7 heteroatoms. The first kappa shape index (κ1) is 19.4. The molecule has 140 valence electrons. The lowest BCUT2D eigenvalue weighted by atomic mass is 10.1. The van der Waals surface area contributed by atoms with E-state index in [0.29, 0.717) is 32.4 Å². The summed E-state index contributed by atoms with van der Waals surface area (Å²) in [4.78, 5) is 23.6. The topological polar surface area (TPSA) is 89.8 Å². The number of carbonyl (C=O) groups excluding carboxylic acids is 2. The lowest BCUT2D eigenvalue weighted by Gasteiger charge is -2.11. The zero-order chi connectivity index (χ0) is 18.8. The molecule has 1 aromatic heterocycles. The highest BCUT2D eigenvalue weighted by Gasteiger charge is 2.09. The first-order valence-corrected chi connectivity index (χ1v) is 8.43. The second-order valence-corrected chi connectivity index (χ2v) is 5.61. The van der Waals surface area contributed by atoms with Crippen molar-refractivity contribution in [3.8, 4) is 11.5 Å². The van der Waals surface area contributed by atoms with Gasteiger partial charge in [-0.3, -0.25) is 9.59 Å². The third kappa shape index (κ3) is 5.84. The van der Waals surface area contributed by atoms with Crippen LogP contribution in [0.1, 0.15) is 29.0 Å². The Morgan fingerprint density at radius 1 is 1.08 bits per heavy atom. The maximum absolute atomic E-state index is 11.9. The van der Waals surface area contributed by atoms with Gasteiger partial charge in [-0.25, -0.2) is 0 Å². The van der Waals surface area contributed by atoms with Crippen LogP contribution in [-0.4, -0.2) is 39.1 Å². The SMILES string of the molecule is COc1ccc(OC)c(CCNC(=O)CCCNC(=O)c2ccco2)c1. The zero-order valence-electron chi connectivity index (χ0n) is 15.0. The highest BCUT2D eigenvalue weighted by atomic mass is 16.5. The van der Waals surface area contributed by atoms with Crippen LogP contribution in [0.25, 0.3) is 0 Å². The zero-order valence-corrected chi connectivity index (χ0v) is 15.0. The summed E-state index contributed by atoms with van der Waals surface area (Å²) in [6.07, 6.45) is 2.98. The number of carbonyl (C=O) groups is 2. The number of hydrogen-bond donors (Lipinski definition) is 2. The molecule has 1 heterocycles. The molecule has 0 bridgehead atoms. The fourth-order valence-electron chi connectivity index (χ4n) is 2.45. The summed E-state index contributed by atoms with van der Waals surface area (Å²) < 4.78 is 15.5. The Bertz CT molecular complexity index is 713. The molecule has 2 N–H and O–H groups in total. The number of benzene rings is 1. The van der Waals surface area contributed by atoms with Crippen LogP contribution < -0.4 is 20.1 Å². The van der Waals surface area contributed by atoms with E-state index in [2.05, 4.69) is 10.6 Å². The van der Waals surface area contributed by atoms with E-state index in [4.69, 9.17) is 13.9 Å². The number of ether oxygens (including phenoxy) is 2. The second kappa shape index (κ2) is 10.1. The van der Waals surface area contributed by atoms with Crippen molar-refractivity contribution in [2.24, 2.45) is 0 Å². The molecule has 26 heavy (non-hydrogen) atoms. The van der Waals surface area contributed by atoms with E-state index >= 15 is 0 Å². The highest BCUT2D eigenvalue weighted by molar-refractivity contribution is 5.91. The van der Waals surface area contributed by atoms with E-state index in [-0.39, 0.29) is 17.6 Å². The van der Waals surface area contributed by atoms with E-state index in [1.165, 1.54) is 6.26 Å². The Kier molecular flexibility index (Phi) is 7.54. The van der Waals surface area contributed by atoms with Gasteiger partial charge in [0.1, 0.15) is 11.5 Å². The number of amides is 2. The Morgan fingerprint density at radius 2 is 1.92 bits per heavy atom. The van der Waals surface area contributed by atoms with Crippen molar-refractivity contribution in [3.05, 3.63) is 47.9 Å². The van der Waals surface area contributed by atoms with E-state index < -0.39 is 0 Å². The average molecular weight is 360 g/mol. The summed E-state index contributed by atoms with van der Waals surface area (Å²) in [5.74, 6) is 1.45. The van der Waals surface area contributed by atoms with Gasteiger partial charge in [0.2, 0.25) is 5.91 Å². The predicted molar refractivity (Wildman–Crippen MR) is 96.5 cm³/mol. The molecule has 0 atom stereocenters. The number of rotatable bonds is 10. The molecule has 7 nitrogen and oxygen atoms in total. The van der Waals surface area contributed by atoms with Crippen LogP contribution in [0.3, 0.4) is 0 Å². The van der Waals surface area contributed by atoms with E-state index in [1.54, 1.807) is 26.4 Å². The van der Waals surface area contributed by atoms with Gasteiger partial charge in [-0.1, -0.05) is 0 Å². The highest BCUT2D eigenvalue weighted by Crippen LogP contribution is 2.24. The third-order valence-electron chi connectivity index (χ3n) is 3.82. The van der Waals surface area contributed by atoms with Gasteiger partial charge in [-0.05, 0) is 48.7 Å². The van der Waals surface area contributed by atoms with Crippen LogP contribution in [0.4, 0.5) is 0 Å². The summed E-state index contributed by atoms with van der Waals surface area (Å²) in [5.41, 5.74) is 0.970. The fourth-order valence-corrected chi connectivity index (χ4v) is 2.45. The number of hydrogen-bond acceptors (Lipinski definition) is 5. The minimum absolute atomic E-state index is 0.0564. The summed E-state index contributed by atoms with van der Waals surface area (Å²) >= 11 is 0. The van der Waals surface area contributed by atoms with Crippen molar-refractivity contribution in [1.29, 1.82) is 0 Å². The molecule has 2 rings (SSSR count). The average Bonchev–Trinajstić information content (AvgIpc) is 3.19. The van der Waals surface area contributed by atoms with E-state index in [1.807, 2.05) is 18.2 Å². The maximum atomic E-state index is 11.9. The first-order valence-electron chi connectivity index (χ1n) is 8.43. The molecular weight excluding hydrogens is 336 g/mol. The monoisotopic (exact) mass is 360 g/mol. The standard InChI is InChI=1S/C19H24N2O5/c1-24-15-7-8-16(25-2)14(13-15)9-11-20-18(22)6-3-10-21-19(23)17-5-4-12-26-17/h4-5,7-8,12-13H,3,6,9-11H2,1-2H3,(H,20,22)(H,21,23). The smallest absolute Gasteiger partial charge is 0.286 e. The lowest BCUT2D eigenvalue weighted by molar-refractivity contribution is -0.121. The molecule has 0 aliphatic rings. The van der Waals surface area contributed by atoms with Crippen molar-refractivity contribution in [2.45, 2.75) is 19.3 Å². The molecule has 0 spiro atoms. The Morgan fingerprint density at radius 3 is 2.62 bits per heavy atom. The van der Waals surface area contributed by atoms with Crippen LogP contribution in [0.2, 0.25) is 0 Å². The molecule has 1 aromatic carbocycles. The fraction of sp³-hybridized carbons (Fsp3) is 0.368. The quantitative estimate of drug-likeness (QED) is 0.634. The van der Waals surface area contributed by atoms with Gasteiger partial charge < -0.3 is 24.5 Å². The Balaban J connectivity index is 1.65. The molecule has 0 unspecified atom stereocenters. The third-order valence-corrected chi connectivity index (χ3v) is 3.82. The summed E-state index contributed by atoms with van der Waals surface area (Å²) in [7, 11) is 3.22. The van der Waals surface area contributed by atoms with Crippen molar-refractivity contribution < 1.29 is 23.5 Å². The van der Waals surface area contributed by atoms with Crippen molar-refractivity contribution in [1.82, 2.24) is 10.6 Å². The Hall–Kier alpha value is -2.96. The summed E-state index contributed by atoms with van der Waals surface area (Å²) in [5, 5.41) is 5.58. The number of methoxy groups -OCH3 is 2. The predicted octanol–water partition coefficient (Wildman–Crippen LogP) is 2.17. The van der Waals surface area contributed by atoms with Crippen LogP contribution in [0.15, 0.2) is 41.0 Å². The van der Waals surface area contributed by atoms with Crippen LogP contribution in [0.5, 0.6) is 11.5 Å². The Labute approximate surface area is 152 Å². The second-order valence-electron chi connectivity index (χ2n) is 5.61. The van der Waals surface area contributed by atoms with Gasteiger partial charge in [0.05, 0.1) is 20.5 Å². The molecule has 0 radical (unpaired) electrons. The molecule has 0 saturated carbocycles. The van der Waals surface area contributed by atoms with Crippen LogP contribution in [0, 0.1) is 0 Å². The molecule has 2 amide bonds.